The predicted octanol–water partition coefficient (Wildman–Crippen LogP) is 2.38. The number of piperazine rings is 1. The van der Waals surface area contributed by atoms with Crippen molar-refractivity contribution in [3.05, 3.63) is 59.2 Å². The van der Waals surface area contributed by atoms with Gasteiger partial charge >= 0.3 is 0 Å². The number of hydrogen-bond acceptors (Lipinski definition) is 8. The Hall–Kier alpha value is -3.51. The monoisotopic (exact) mass is 391 g/mol. The van der Waals surface area contributed by atoms with Gasteiger partial charge in [0, 0.05) is 32.4 Å². The molecular weight excluding hydrogens is 374 g/mol. The highest BCUT2D eigenvalue weighted by Gasteiger charge is 2.20. The molecule has 0 radical (unpaired) electrons. The van der Waals surface area contributed by atoms with Crippen molar-refractivity contribution < 1.29 is 4.79 Å². The van der Waals surface area contributed by atoms with Crippen LogP contribution in [0.4, 0.5) is 16.6 Å². The summed E-state index contributed by atoms with van der Waals surface area (Å²) in [6.45, 7) is 3.20. The van der Waals surface area contributed by atoms with Crippen molar-refractivity contribution in [3.8, 4) is 6.07 Å². The summed E-state index contributed by atoms with van der Waals surface area (Å²) in [6.07, 6.45) is 1.57. The maximum absolute atomic E-state index is 12.2. The fourth-order valence-electron chi connectivity index (χ4n) is 3.12. The summed E-state index contributed by atoms with van der Waals surface area (Å²) in [6, 6.07) is 13.5. The minimum Gasteiger partial charge on any atom is -0.367 e. The van der Waals surface area contributed by atoms with Crippen LogP contribution < -0.4 is 15.1 Å². The second kappa shape index (κ2) is 8.02. The number of carbonyl (C=O) groups excluding carboxylic acids is 1. The number of para-hydroxylation sites is 1. The molecule has 0 atom stereocenters. The number of anilines is 3. The second-order valence-corrected chi connectivity index (χ2v) is 7.04. The first-order chi connectivity index (χ1) is 13.7. The van der Waals surface area contributed by atoms with Gasteiger partial charge in [-0.25, -0.2) is 4.98 Å². The van der Waals surface area contributed by atoms with E-state index in [2.05, 4.69) is 36.4 Å². The van der Waals surface area contributed by atoms with Gasteiger partial charge in [-0.05, 0) is 24.3 Å². The van der Waals surface area contributed by atoms with Gasteiger partial charge in [0.1, 0.15) is 17.4 Å². The van der Waals surface area contributed by atoms with E-state index in [0.717, 1.165) is 37.7 Å². The van der Waals surface area contributed by atoms with Crippen LogP contribution in [-0.4, -0.2) is 47.3 Å². The Labute approximate surface area is 166 Å². The molecule has 0 aliphatic carbocycles. The number of carbonyl (C=O) groups is 1. The zero-order valence-corrected chi connectivity index (χ0v) is 15.8. The Kier molecular flexibility index (Phi) is 5.12. The van der Waals surface area contributed by atoms with Crippen molar-refractivity contribution in [1.29, 1.82) is 5.26 Å². The summed E-state index contributed by atoms with van der Waals surface area (Å²) in [5.74, 6) is 0.578. The summed E-state index contributed by atoms with van der Waals surface area (Å²) >= 11 is 1.27. The fourth-order valence-corrected chi connectivity index (χ4v) is 3.56. The van der Waals surface area contributed by atoms with E-state index in [1.54, 1.807) is 17.8 Å². The molecule has 2 aromatic heterocycles. The van der Waals surface area contributed by atoms with Crippen LogP contribution in [0.5, 0.6) is 0 Å². The maximum atomic E-state index is 12.2. The van der Waals surface area contributed by atoms with E-state index in [0.29, 0.717) is 16.3 Å². The Bertz CT molecular complexity index is 990. The minimum absolute atomic E-state index is 0.256. The van der Waals surface area contributed by atoms with E-state index in [9.17, 15) is 10.1 Å². The molecule has 3 heterocycles. The molecule has 0 unspecified atom stereocenters. The van der Waals surface area contributed by atoms with Crippen LogP contribution in [0.2, 0.25) is 0 Å². The quantitative estimate of drug-likeness (QED) is 0.729. The lowest BCUT2D eigenvalue weighted by Gasteiger charge is -2.37. The number of aromatic nitrogens is 3. The minimum atomic E-state index is -0.256. The molecule has 1 N–H and O–H groups in total. The van der Waals surface area contributed by atoms with Gasteiger partial charge in [0.05, 0.1) is 16.8 Å². The molecule has 4 rings (SSSR count). The number of pyridine rings is 1. The third-order valence-corrected chi connectivity index (χ3v) is 5.17. The molecule has 1 amide bonds. The van der Waals surface area contributed by atoms with E-state index in [1.807, 2.05) is 30.3 Å². The van der Waals surface area contributed by atoms with E-state index in [-0.39, 0.29) is 5.91 Å². The third kappa shape index (κ3) is 3.77. The molecule has 8 nitrogen and oxygen atoms in total. The molecular formula is C19H17N7OS. The number of benzene rings is 1. The lowest BCUT2D eigenvalue weighted by molar-refractivity contribution is 0.102. The number of hydrogen-bond donors (Lipinski definition) is 1. The van der Waals surface area contributed by atoms with Crippen molar-refractivity contribution in [3.63, 3.8) is 0 Å². The van der Waals surface area contributed by atoms with Gasteiger partial charge in [0.2, 0.25) is 5.13 Å². The number of nitrogens with one attached hydrogen (secondary N) is 1. The van der Waals surface area contributed by atoms with Gasteiger partial charge in [0.25, 0.3) is 5.91 Å². The van der Waals surface area contributed by atoms with E-state index >= 15 is 0 Å². The molecule has 140 valence electrons. The van der Waals surface area contributed by atoms with Crippen LogP contribution in [0.3, 0.4) is 0 Å². The van der Waals surface area contributed by atoms with Crippen LogP contribution in [0.15, 0.2) is 48.1 Å². The van der Waals surface area contributed by atoms with Crippen molar-refractivity contribution in [2.45, 2.75) is 0 Å². The van der Waals surface area contributed by atoms with Crippen molar-refractivity contribution in [2.24, 2.45) is 0 Å². The molecule has 3 aromatic rings. The summed E-state index contributed by atoms with van der Waals surface area (Å²) in [7, 11) is 0. The Morgan fingerprint density at radius 3 is 2.57 bits per heavy atom. The van der Waals surface area contributed by atoms with Crippen molar-refractivity contribution in [2.75, 3.05) is 41.3 Å². The highest BCUT2D eigenvalue weighted by molar-refractivity contribution is 7.13. The second-order valence-electron chi connectivity index (χ2n) is 6.21. The molecule has 1 saturated heterocycles. The zero-order chi connectivity index (χ0) is 19.3. The summed E-state index contributed by atoms with van der Waals surface area (Å²) in [5.41, 5.74) is 3.70. The number of nitrogens with zero attached hydrogens (tertiary/aromatic N) is 6. The van der Waals surface area contributed by atoms with Crippen LogP contribution in [0.25, 0.3) is 0 Å². The van der Waals surface area contributed by atoms with Crippen LogP contribution in [0.1, 0.15) is 15.9 Å². The van der Waals surface area contributed by atoms with Gasteiger partial charge in [0.15, 0.2) is 0 Å². The molecule has 9 heteroatoms. The van der Waals surface area contributed by atoms with Gasteiger partial charge in [-0.3, -0.25) is 10.1 Å². The summed E-state index contributed by atoms with van der Waals surface area (Å²) < 4.78 is 0. The van der Waals surface area contributed by atoms with Crippen LogP contribution in [0, 0.1) is 11.3 Å². The Balaban J connectivity index is 1.38. The summed E-state index contributed by atoms with van der Waals surface area (Å²) in [4.78, 5) is 21.0. The normalized spacial score (nSPS) is 13.8. The molecule has 1 aliphatic rings. The number of rotatable bonds is 4. The highest BCUT2D eigenvalue weighted by atomic mass is 32.1. The molecule has 1 aromatic carbocycles. The third-order valence-electron chi connectivity index (χ3n) is 4.56. The average Bonchev–Trinajstić information content (AvgIpc) is 3.27. The smallest absolute Gasteiger partial charge is 0.259 e. The standard InChI is InChI=1S/C19H17N7OS/c20-11-14-3-1-2-4-16(14)25-7-9-26(10-8-25)17-6-5-15(12-21-17)18(27)23-19-24-22-13-28-19/h1-6,12-13H,7-10H2,(H,23,24,27). The molecule has 0 bridgehead atoms. The van der Waals surface area contributed by atoms with Crippen LogP contribution >= 0.6 is 11.3 Å². The van der Waals surface area contributed by atoms with E-state index < -0.39 is 0 Å². The molecule has 0 saturated carbocycles. The first-order valence-corrected chi connectivity index (χ1v) is 9.65. The average molecular weight is 391 g/mol. The van der Waals surface area contributed by atoms with Gasteiger partial charge in [-0.1, -0.05) is 23.5 Å². The zero-order valence-electron chi connectivity index (χ0n) is 14.9. The summed E-state index contributed by atoms with van der Waals surface area (Å²) in [5, 5.41) is 19.9. The highest BCUT2D eigenvalue weighted by Crippen LogP contribution is 2.23. The van der Waals surface area contributed by atoms with Crippen molar-refractivity contribution in [1.82, 2.24) is 15.2 Å². The predicted molar refractivity (Wildman–Crippen MR) is 108 cm³/mol. The largest absolute Gasteiger partial charge is 0.367 e. The number of nitriles is 1. The SMILES string of the molecule is N#Cc1ccccc1N1CCN(c2ccc(C(=O)Nc3nncs3)cn2)CC1. The molecule has 1 aliphatic heterocycles. The first-order valence-electron chi connectivity index (χ1n) is 8.77. The molecule has 28 heavy (non-hydrogen) atoms. The fraction of sp³-hybridized carbons (Fsp3) is 0.211. The van der Waals surface area contributed by atoms with Crippen molar-refractivity contribution >= 4 is 33.9 Å². The van der Waals surface area contributed by atoms with E-state index in [1.165, 1.54) is 11.3 Å². The van der Waals surface area contributed by atoms with Gasteiger partial charge in [-0.15, -0.1) is 10.2 Å². The first kappa shape index (κ1) is 17.9. The van der Waals surface area contributed by atoms with Gasteiger partial charge < -0.3 is 9.80 Å². The van der Waals surface area contributed by atoms with Crippen LogP contribution in [-0.2, 0) is 0 Å². The Morgan fingerprint density at radius 1 is 1.11 bits per heavy atom. The topological polar surface area (TPSA) is 98.0 Å². The lowest BCUT2D eigenvalue weighted by Crippen LogP contribution is -2.47. The molecule has 1 fully saturated rings. The number of amides is 1. The lowest BCUT2D eigenvalue weighted by atomic mass is 10.1. The Morgan fingerprint density at radius 2 is 1.89 bits per heavy atom. The van der Waals surface area contributed by atoms with E-state index in [4.69, 9.17) is 0 Å². The molecule has 0 spiro atoms. The van der Waals surface area contributed by atoms with Gasteiger partial charge in [-0.2, -0.15) is 5.26 Å². The maximum Gasteiger partial charge on any atom is 0.259 e.